The average molecular weight is 546 g/mol. The largest absolute Gasteiger partial charge is 0.481 e. The zero-order valence-electron chi connectivity index (χ0n) is 19.5. The van der Waals surface area contributed by atoms with E-state index in [-0.39, 0.29) is 28.6 Å². The van der Waals surface area contributed by atoms with Crippen LogP contribution in [0.5, 0.6) is 0 Å². The number of carboxylic acid groups (broad SMARTS) is 1. The third kappa shape index (κ3) is 8.77. The van der Waals surface area contributed by atoms with Crippen LogP contribution < -0.4 is 10.0 Å². The van der Waals surface area contributed by atoms with Crippen LogP contribution in [0.15, 0.2) is 78.0 Å². The van der Waals surface area contributed by atoms with Gasteiger partial charge >= 0.3 is 5.97 Å². The first kappa shape index (κ1) is 28.0. The number of hydrogen-bond acceptors (Lipinski definition) is 7. The molecule has 1 heterocycles. The Labute approximate surface area is 217 Å². The highest BCUT2D eigenvalue weighted by Gasteiger charge is 2.25. The van der Waals surface area contributed by atoms with Gasteiger partial charge in [0, 0.05) is 24.7 Å². The Morgan fingerprint density at radius 1 is 1.00 bits per heavy atom. The minimum Gasteiger partial charge on any atom is -0.481 e. The van der Waals surface area contributed by atoms with E-state index in [4.69, 9.17) is 0 Å². The van der Waals surface area contributed by atoms with E-state index in [1.165, 1.54) is 23.9 Å². The summed E-state index contributed by atoms with van der Waals surface area (Å²) in [5.41, 5.74) is 1.37. The maximum absolute atomic E-state index is 13.0. The van der Waals surface area contributed by atoms with Crippen LogP contribution in [-0.4, -0.2) is 48.0 Å². The summed E-state index contributed by atoms with van der Waals surface area (Å²) in [6.45, 7) is 0.0321. The summed E-state index contributed by atoms with van der Waals surface area (Å²) >= 11 is 1.19. The van der Waals surface area contributed by atoms with Crippen molar-refractivity contribution in [1.82, 2.24) is 15.0 Å². The lowest BCUT2D eigenvalue weighted by Crippen LogP contribution is -2.43. The highest BCUT2D eigenvalue weighted by atomic mass is 32.2. The lowest BCUT2D eigenvalue weighted by Gasteiger charge is -2.16. The number of Topliss-reactive ketones (excluding diaryl/α,β-unsaturated/α-hetero) is 1. The van der Waals surface area contributed by atoms with Crippen molar-refractivity contribution in [3.8, 4) is 0 Å². The van der Waals surface area contributed by atoms with E-state index in [9.17, 15) is 32.3 Å². The van der Waals surface area contributed by atoms with Crippen LogP contribution >= 0.6 is 11.8 Å². The SMILES string of the molecule is O=C(O)C[C@H](NC(=O)c1cncc(S(=O)(=O)NCc2ccccc2)c1)C(=O)CSCc1ccc(F)cc1. The number of pyridine rings is 1. The van der Waals surface area contributed by atoms with Gasteiger partial charge in [-0.25, -0.2) is 17.5 Å². The van der Waals surface area contributed by atoms with Crippen LogP contribution in [0.4, 0.5) is 4.39 Å². The Morgan fingerprint density at radius 2 is 1.70 bits per heavy atom. The molecule has 194 valence electrons. The molecule has 1 aromatic heterocycles. The number of nitrogens with zero attached hydrogens (tertiary/aromatic N) is 1. The van der Waals surface area contributed by atoms with Crippen molar-refractivity contribution in [2.75, 3.05) is 5.75 Å². The minimum atomic E-state index is -4.00. The highest BCUT2D eigenvalue weighted by molar-refractivity contribution is 7.99. The summed E-state index contributed by atoms with van der Waals surface area (Å²) in [4.78, 5) is 40.3. The first-order valence-corrected chi connectivity index (χ1v) is 13.6. The zero-order valence-corrected chi connectivity index (χ0v) is 21.1. The molecule has 1 amide bonds. The molecule has 37 heavy (non-hydrogen) atoms. The number of sulfonamides is 1. The second kappa shape index (κ2) is 13.1. The van der Waals surface area contributed by atoms with Gasteiger partial charge in [0.25, 0.3) is 5.91 Å². The first-order chi connectivity index (χ1) is 17.6. The lowest BCUT2D eigenvalue weighted by atomic mass is 10.1. The summed E-state index contributed by atoms with van der Waals surface area (Å²) in [6, 6.07) is 14.4. The number of amides is 1. The maximum atomic E-state index is 13.0. The summed E-state index contributed by atoms with van der Waals surface area (Å²) in [7, 11) is -4.00. The van der Waals surface area contributed by atoms with Gasteiger partial charge in [-0.1, -0.05) is 42.5 Å². The van der Waals surface area contributed by atoms with Gasteiger partial charge in [0.15, 0.2) is 5.78 Å². The van der Waals surface area contributed by atoms with Crippen LogP contribution in [0.1, 0.15) is 27.9 Å². The van der Waals surface area contributed by atoms with Crippen LogP contribution in [0, 0.1) is 5.82 Å². The second-order valence-corrected chi connectivity index (χ2v) is 10.7. The third-order valence-electron chi connectivity index (χ3n) is 5.09. The molecule has 0 aliphatic rings. The minimum absolute atomic E-state index is 0.0321. The number of ketones is 1. The summed E-state index contributed by atoms with van der Waals surface area (Å²) in [6.07, 6.45) is 1.55. The molecule has 0 bridgehead atoms. The van der Waals surface area contributed by atoms with Gasteiger partial charge < -0.3 is 10.4 Å². The zero-order chi connectivity index (χ0) is 26.8. The van der Waals surface area contributed by atoms with Crippen molar-refractivity contribution < 1.29 is 32.3 Å². The Morgan fingerprint density at radius 3 is 2.38 bits per heavy atom. The molecule has 9 nitrogen and oxygen atoms in total. The second-order valence-electron chi connectivity index (χ2n) is 7.93. The molecular formula is C25H24FN3O6S2. The van der Waals surface area contributed by atoms with Gasteiger partial charge in [-0.3, -0.25) is 19.4 Å². The van der Waals surface area contributed by atoms with Crippen LogP contribution in [0.25, 0.3) is 0 Å². The van der Waals surface area contributed by atoms with E-state index < -0.39 is 40.1 Å². The predicted octanol–water partition coefficient (Wildman–Crippen LogP) is 2.77. The van der Waals surface area contributed by atoms with Crippen molar-refractivity contribution in [3.63, 3.8) is 0 Å². The smallest absolute Gasteiger partial charge is 0.305 e. The fraction of sp³-hybridized carbons (Fsp3) is 0.200. The number of thioether (sulfide) groups is 1. The van der Waals surface area contributed by atoms with E-state index in [0.29, 0.717) is 5.75 Å². The van der Waals surface area contributed by atoms with Gasteiger partial charge in [0.1, 0.15) is 10.7 Å². The molecule has 3 rings (SSSR count). The molecule has 0 saturated heterocycles. The van der Waals surface area contributed by atoms with E-state index in [1.807, 2.05) is 0 Å². The van der Waals surface area contributed by atoms with Gasteiger partial charge in [-0.05, 0) is 29.3 Å². The quantitative estimate of drug-likeness (QED) is 0.298. The van der Waals surface area contributed by atoms with Crippen LogP contribution in [0.3, 0.4) is 0 Å². The van der Waals surface area contributed by atoms with E-state index in [1.54, 1.807) is 42.5 Å². The molecule has 1 atom stereocenters. The normalized spacial score (nSPS) is 12.0. The fourth-order valence-electron chi connectivity index (χ4n) is 3.16. The first-order valence-electron chi connectivity index (χ1n) is 11.0. The number of halogens is 1. The third-order valence-corrected chi connectivity index (χ3v) is 7.49. The lowest BCUT2D eigenvalue weighted by molar-refractivity contribution is -0.139. The topological polar surface area (TPSA) is 143 Å². The summed E-state index contributed by atoms with van der Waals surface area (Å²) in [5.74, 6) is -2.74. The Balaban J connectivity index is 1.64. The standard InChI is InChI=1S/C25H24FN3O6S2/c26-20-8-6-18(7-9-20)15-36-16-23(30)22(11-24(31)32)29-25(33)19-10-21(14-27-13-19)37(34,35)28-12-17-4-2-1-3-5-17/h1-10,13-14,22,28H,11-12,15-16H2,(H,29,33)(H,31,32)/t22-/m0/s1. The molecule has 0 aliphatic carbocycles. The number of aliphatic carboxylic acids is 1. The van der Waals surface area contributed by atoms with Crippen molar-refractivity contribution in [3.05, 3.63) is 95.6 Å². The molecule has 2 aromatic carbocycles. The number of rotatable bonds is 13. The van der Waals surface area contributed by atoms with E-state index in [2.05, 4.69) is 15.0 Å². The Kier molecular flexibility index (Phi) is 9.89. The molecule has 0 unspecified atom stereocenters. The molecule has 12 heteroatoms. The summed E-state index contributed by atoms with van der Waals surface area (Å²) in [5, 5.41) is 11.6. The summed E-state index contributed by atoms with van der Waals surface area (Å²) < 4.78 is 40.8. The number of carboxylic acids is 1. The molecular weight excluding hydrogens is 521 g/mol. The molecule has 3 aromatic rings. The number of benzene rings is 2. The number of nitrogens with one attached hydrogen (secondary N) is 2. The highest BCUT2D eigenvalue weighted by Crippen LogP contribution is 2.15. The van der Waals surface area contributed by atoms with Gasteiger partial charge in [0.05, 0.1) is 23.8 Å². The number of carbonyl (C=O) groups is 3. The maximum Gasteiger partial charge on any atom is 0.305 e. The fourth-order valence-corrected chi connectivity index (χ4v) is 5.10. The monoisotopic (exact) mass is 545 g/mol. The van der Waals surface area contributed by atoms with Crippen molar-refractivity contribution in [1.29, 1.82) is 0 Å². The van der Waals surface area contributed by atoms with E-state index >= 15 is 0 Å². The number of carbonyl (C=O) groups excluding carboxylic acids is 2. The van der Waals surface area contributed by atoms with Crippen LogP contribution in [-0.2, 0) is 31.9 Å². The van der Waals surface area contributed by atoms with E-state index in [0.717, 1.165) is 29.6 Å². The molecule has 0 spiro atoms. The van der Waals surface area contributed by atoms with Gasteiger partial charge in [-0.2, -0.15) is 0 Å². The Hall–Kier alpha value is -3.61. The van der Waals surface area contributed by atoms with Crippen molar-refractivity contribution in [2.24, 2.45) is 0 Å². The van der Waals surface area contributed by atoms with Gasteiger partial charge in [0.2, 0.25) is 10.0 Å². The number of aromatic nitrogens is 1. The Bertz CT molecular complexity index is 1350. The molecule has 0 fully saturated rings. The molecule has 0 aliphatic heterocycles. The van der Waals surface area contributed by atoms with Crippen LogP contribution in [0.2, 0.25) is 0 Å². The van der Waals surface area contributed by atoms with Gasteiger partial charge in [-0.15, -0.1) is 11.8 Å². The molecule has 3 N–H and O–H groups in total. The molecule has 0 saturated carbocycles. The molecule has 0 radical (unpaired) electrons. The average Bonchev–Trinajstić information content (AvgIpc) is 2.88. The predicted molar refractivity (Wildman–Crippen MR) is 136 cm³/mol. The van der Waals surface area contributed by atoms with Crippen molar-refractivity contribution in [2.45, 2.75) is 29.7 Å². The number of hydrogen-bond donors (Lipinski definition) is 3. The van der Waals surface area contributed by atoms with Crippen molar-refractivity contribution >= 4 is 39.4 Å².